The fraction of sp³-hybridized carbons (Fsp3) is 0.829. The summed E-state index contributed by atoms with van der Waals surface area (Å²) in [6.45, 7) is 25.9. The van der Waals surface area contributed by atoms with Crippen molar-refractivity contribution in [3.8, 4) is 6.07 Å². The van der Waals surface area contributed by atoms with E-state index in [2.05, 4.69) is 53.3 Å². The Bertz CT molecular complexity index is 2550. The second kappa shape index (κ2) is 50.3. The molecule has 3 rings (SSSR count). The maximum Gasteiger partial charge on any atom is 0.302 e. The highest BCUT2D eigenvalue weighted by atomic mass is 31.2. The molecule has 3 fully saturated rings. The van der Waals surface area contributed by atoms with Gasteiger partial charge in [0.2, 0.25) is 47.3 Å². The second-order valence-corrected chi connectivity index (χ2v) is 29.0. The summed E-state index contributed by atoms with van der Waals surface area (Å²) in [7, 11) is -1.55. The number of carbonyl (C=O) groups is 11. The molecule has 0 aromatic rings. The Hall–Kier alpha value is -6.39. The number of ether oxygens (including phenoxy) is 12. The van der Waals surface area contributed by atoms with Crippen molar-refractivity contribution in [1.29, 1.82) is 5.26 Å². The highest BCUT2D eigenvalue weighted by Crippen LogP contribution is 2.46. The van der Waals surface area contributed by atoms with E-state index in [-0.39, 0.29) is 190 Å². The van der Waals surface area contributed by atoms with Crippen LogP contribution in [-0.2, 0) is 119 Å². The normalized spacial score (nSPS) is 25.2. The average molecular weight is 1530 g/mol. The van der Waals surface area contributed by atoms with Crippen molar-refractivity contribution in [1.82, 2.24) is 47.2 Å². The number of hydrogen-bond donors (Lipinski definition) is 8. The number of hydrogen-bond acceptors (Lipinski definition) is 27. The molecule has 3 saturated heterocycles. The summed E-state index contributed by atoms with van der Waals surface area (Å²) in [6.07, 6.45) is -5.25. The van der Waals surface area contributed by atoms with E-state index in [1.54, 1.807) is 0 Å². The van der Waals surface area contributed by atoms with Gasteiger partial charge in [0.15, 0.2) is 18.9 Å². The molecule has 0 saturated carbocycles. The van der Waals surface area contributed by atoms with Gasteiger partial charge < -0.3 is 108 Å². The van der Waals surface area contributed by atoms with Gasteiger partial charge in [-0.25, -0.2) is 4.67 Å². The van der Waals surface area contributed by atoms with Crippen molar-refractivity contribution in [2.45, 2.75) is 222 Å². The highest BCUT2D eigenvalue weighted by Gasteiger charge is 2.46. The Labute approximate surface area is 625 Å². The van der Waals surface area contributed by atoms with E-state index < -0.39 is 143 Å². The first kappa shape index (κ1) is 93.8. The SMILES string of the molecule is CC(=O)NC1[C@H](OCCNC(=O)CCOCC(COCCC(=O)NCCO[C@@H]2OC(COC(C)=O)[C@H](C)[C@H](C)C2NC(C)=O)(COCCC(=O)NCCO[C@@H]2OC(COC(C)=O)[C@H](C)[C@H](C)C2NC(C)=O)NC(=O)CC(=O)NCCCOP(OCCC#N)N(C(C)C)C(C)C)OC(COC(C)=O)[C@H](C)[C@@H]1C. The van der Waals surface area contributed by atoms with Gasteiger partial charge in [-0.3, -0.25) is 52.7 Å². The Morgan fingerprint density at radius 3 is 1.08 bits per heavy atom. The second-order valence-electron chi connectivity index (χ2n) is 27.5. The van der Waals surface area contributed by atoms with Crippen LogP contribution < -0.4 is 42.5 Å². The highest BCUT2D eigenvalue weighted by molar-refractivity contribution is 7.44. The molecule has 0 aromatic heterocycles. The minimum absolute atomic E-state index is 0.00800. The monoisotopic (exact) mass is 1530 g/mol. The number of esters is 3. The van der Waals surface area contributed by atoms with E-state index >= 15 is 0 Å². The molecule has 16 atom stereocenters. The van der Waals surface area contributed by atoms with Crippen molar-refractivity contribution in [2.24, 2.45) is 35.5 Å². The molecule has 606 valence electrons. The third-order valence-corrected chi connectivity index (χ3v) is 20.2. The van der Waals surface area contributed by atoms with Gasteiger partial charge in [-0.05, 0) is 69.6 Å². The van der Waals surface area contributed by atoms with Crippen molar-refractivity contribution in [3.05, 3.63) is 0 Å². The summed E-state index contributed by atoms with van der Waals surface area (Å²) in [5.41, 5.74) is -1.66. The lowest BCUT2D eigenvalue weighted by atomic mass is 9.82. The number of amides is 8. The minimum atomic E-state index is -1.66. The quantitative estimate of drug-likeness (QED) is 0.0142. The van der Waals surface area contributed by atoms with Crippen LogP contribution in [0.4, 0.5) is 0 Å². The molecule has 3 aliphatic heterocycles. The molecule has 3 aliphatic rings. The zero-order chi connectivity index (χ0) is 79.1. The molecule has 0 spiro atoms. The first-order valence-corrected chi connectivity index (χ1v) is 37.7. The van der Waals surface area contributed by atoms with Gasteiger partial charge in [-0.15, -0.1) is 0 Å². The Kier molecular flexibility index (Phi) is 44.6. The van der Waals surface area contributed by atoms with Gasteiger partial charge in [0.1, 0.15) is 31.8 Å². The minimum Gasteiger partial charge on any atom is -0.463 e. The van der Waals surface area contributed by atoms with Gasteiger partial charge in [0.25, 0.3) is 8.53 Å². The van der Waals surface area contributed by atoms with E-state index in [1.807, 2.05) is 69.2 Å². The summed E-state index contributed by atoms with van der Waals surface area (Å²) < 4.78 is 84.9. The van der Waals surface area contributed by atoms with Crippen molar-refractivity contribution < 1.29 is 119 Å². The standard InChI is InChI=1S/C70H121N10O25P/c1-42(2)80(43(3)4)106(101-27-17-22-71)102-28-18-23-72-62(90)35-63(91)79-70(39-92-29-19-59(87)73-24-32-95-67-64(76-50(11)81)47(8)44(5)56(103-67)36-98-53(14)84,40-93-30-20-60(88)74-25-33-96-68-65(77-51(12)82)48(9)45(6)57(104-68)37-99-54(15)85)41-94-31-21-61(89)75-26-34-97-69-66(78-52(13)83)49(10)46(7)58(105-69)38-100-55(16)86/h42-49,56-58,64-69H,17-21,23-41H2,1-16H3,(H,72,90)(H,73,87)(H,74,88)(H,75,89)(H,76,81)(H,77,82)(H,78,83)(H,79,91)/t44-,45-,46-,47+,48+,49+,56?,57?,58?,64?,65?,66?,67-,68-,69-,70?,106?/m1/s1. The smallest absolute Gasteiger partial charge is 0.302 e. The molecule has 8 N–H and O–H groups in total. The van der Waals surface area contributed by atoms with E-state index in [0.29, 0.717) is 6.42 Å². The lowest BCUT2D eigenvalue weighted by Crippen LogP contribution is -2.59. The van der Waals surface area contributed by atoms with E-state index in [1.165, 1.54) is 41.5 Å². The maximum absolute atomic E-state index is 14.2. The molecule has 35 nitrogen and oxygen atoms in total. The molecule has 7 unspecified atom stereocenters. The Balaban J connectivity index is 1.83. The molecule has 0 radical (unpaired) electrons. The van der Waals surface area contributed by atoms with Gasteiger partial charge in [-0.1, -0.05) is 41.5 Å². The number of nitriles is 1. The van der Waals surface area contributed by atoms with Crippen LogP contribution in [-0.4, -0.2) is 261 Å². The summed E-state index contributed by atoms with van der Waals surface area (Å²) in [6, 6.07) is 0.511. The molecular formula is C70H121N10O25P. The van der Waals surface area contributed by atoms with Crippen LogP contribution in [0.3, 0.4) is 0 Å². The lowest BCUT2D eigenvalue weighted by molar-refractivity contribution is -0.243. The molecule has 0 aliphatic carbocycles. The molecule has 0 bridgehead atoms. The van der Waals surface area contributed by atoms with Crippen molar-refractivity contribution >= 4 is 73.7 Å². The fourth-order valence-corrected chi connectivity index (χ4v) is 13.6. The Morgan fingerprint density at radius 1 is 0.443 bits per heavy atom. The van der Waals surface area contributed by atoms with Gasteiger partial charge >= 0.3 is 17.9 Å². The van der Waals surface area contributed by atoms with E-state index in [0.717, 1.165) is 0 Å². The number of rotatable bonds is 50. The zero-order valence-corrected chi connectivity index (χ0v) is 65.7. The van der Waals surface area contributed by atoms with Gasteiger partial charge in [0.05, 0.1) is 122 Å². The first-order valence-electron chi connectivity index (χ1n) is 36.5. The molecule has 3 heterocycles. The number of carbonyl (C=O) groups excluding carboxylic acids is 11. The number of nitrogens with zero attached hydrogens (tertiary/aromatic N) is 2. The molecule has 106 heavy (non-hydrogen) atoms. The average Bonchev–Trinajstić information content (AvgIpc) is 0.816. The summed E-state index contributed by atoms with van der Waals surface area (Å²) in [4.78, 5) is 139. The van der Waals surface area contributed by atoms with Crippen LogP contribution >= 0.6 is 8.53 Å². The van der Waals surface area contributed by atoms with E-state index in [4.69, 9.17) is 71.2 Å². The summed E-state index contributed by atoms with van der Waals surface area (Å²) in [5.74, 6) is -6.06. The van der Waals surface area contributed by atoms with Crippen LogP contribution in [0.25, 0.3) is 0 Å². The van der Waals surface area contributed by atoms with Crippen LogP contribution in [0.1, 0.15) is 149 Å². The maximum atomic E-state index is 14.2. The summed E-state index contributed by atoms with van der Waals surface area (Å²) >= 11 is 0. The van der Waals surface area contributed by atoms with Crippen LogP contribution in [0.15, 0.2) is 0 Å². The van der Waals surface area contributed by atoms with Crippen LogP contribution in [0.5, 0.6) is 0 Å². The molecular weight excluding hydrogens is 1410 g/mol. The zero-order valence-electron chi connectivity index (χ0n) is 64.8. The third kappa shape index (κ3) is 35.8. The van der Waals surface area contributed by atoms with Crippen molar-refractivity contribution in [3.63, 3.8) is 0 Å². The summed E-state index contributed by atoms with van der Waals surface area (Å²) in [5, 5.41) is 31.7. The molecule has 0 aromatic carbocycles. The third-order valence-electron chi connectivity index (χ3n) is 18.1. The molecule has 8 amide bonds. The topological polar surface area (TPSA) is 440 Å². The Morgan fingerprint density at radius 2 is 0.774 bits per heavy atom. The van der Waals surface area contributed by atoms with Gasteiger partial charge in [-0.2, -0.15) is 5.26 Å². The van der Waals surface area contributed by atoms with Crippen molar-refractivity contribution in [2.75, 3.05) is 119 Å². The van der Waals surface area contributed by atoms with E-state index in [9.17, 15) is 52.7 Å². The predicted octanol–water partition coefficient (Wildman–Crippen LogP) is 1.84. The van der Waals surface area contributed by atoms with Crippen LogP contribution in [0.2, 0.25) is 0 Å². The number of nitrogens with one attached hydrogen (secondary N) is 8. The lowest BCUT2D eigenvalue weighted by Gasteiger charge is -2.44. The van der Waals surface area contributed by atoms with Gasteiger partial charge in [0, 0.05) is 99.1 Å². The fourth-order valence-electron chi connectivity index (χ4n) is 12.0. The molecule has 36 heteroatoms. The predicted molar refractivity (Wildman–Crippen MR) is 381 cm³/mol. The largest absolute Gasteiger partial charge is 0.463 e. The first-order chi connectivity index (χ1) is 50.2. The van der Waals surface area contributed by atoms with Crippen LogP contribution in [0, 0.1) is 46.8 Å².